The summed E-state index contributed by atoms with van der Waals surface area (Å²) in [5, 5.41) is 0. The summed E-state index contributed by atoms with van der Waals surface area (Å²) in [5.41, 5.74) is -0.960. The summed E-state index contributed by atoms with van der Waals surface area (Å²) in [6.45, 7) is 13.7. The molecule has 0 unspecified atom stereocenters. The van der Waals surface area contributed by atoms with Crippen LogP contribution in [0, 0.1) is 5.41 Å². The molecule has 2 amide bonds. The van der Waals surface area contributed by atoms with Gasteiger partial charge in [0.2, 0.25) is 11.8 Å². The van der Waals surface area contributed by atoms with Crippen LogP contribution in [-0.4, -0.2) is 47.8 Å². The summed E-state index contributed by atoms with van der Waals surface area (Å²) in [7, 11) is 0. The Morgan fingerprint density at radius 3 is 1.18 bits per heavy atom. The van der Waals surface area contributed by atoms with Gasteiger partial charge in [-0.05, 0) is 41.5 Å². The lowest BCUT2D eigenvalue weighted by molar-refractivity contribution is -0.153. The zero-order valence-corrected chi connectivity index (χ0v) is 12.0. The molecule has 0 aromatic heterocycles. The van der Waals surface area contributed by atoms with Gasteiger partial charge in [-0.2, -0.15) is 0 Å². The molecule has 0 aromatic rings. The van der Waals surface area contributed by atoms with Crippen molar-refractivity contribution in [3.05, 3.63) is 0 Å². The minimum atomic E-state index is -0.960. The molecule has 0 saturated heterocycles. The molecule has 0 radical (unpaired) electrons. The summed E-state index contributed by atoms with van der Waals surface area (Å²) >= 11 is 0. The topological polar surface area (TPSA) is 40.6 Å². The van der Waals surface area contributed by atoms with Crippen molar-refractivity contribution in [3.8, 4) is 0 Å². The minimum absolute atomic E-state index is 0.0839. The molecule has 0 aliphatic carbocycles. The number of rotatable bonds is 6. The van der Waals surface area contributed by atoms with Crippen molar-refractivity contribution in [1.82, 2.24) is 9.80 Å². The number of nitrogens with zero attached hydrogens (tertiary/aromatic N) is 2. The lowest BCUT2D eigenvalue weighted by atomic mass is 9.89. The number of hydrogen-bond acceptors (Lipinski definition) is 2. The number of hydrogen-bond donors (Lipinski definition) is 0. The van der Waals surface area contributed by atoms with Crippen LogP contribution in [0.2, 0.25) is 0 Å². The predicted molar refractivity (Wildman–Crippen MR) is 69.6 cm³/mol. The van der Waals surface area contributed by atoms with Gasteiger partial charge in [0.05, 0.1) is 0 Å². The van der Waals surface area contributed by atoms with Crippen LogP contribution in [0.25, 0.3) is 0 Å². The number of carbonyl (C=O) groups excluding carboxylic acids is 2. The van der Waals surface area contributed by atoms with Crippen LogP contribution in [0.1, 0.15) is 41.5 Å². The van der Waals surface area contributed by atoms with Crippen molar-refractivity contribution in [3.63, 3.8) is 0 Å². The highest BCUT2D eigenvalue weighted by atomic mass is 16.2. The van der Waals surface area contributed by atoms with E-state index in [4.69, 9.17) is 0 Å². The van der Waals surface area contributed by atoms with E-state index in [0.29, 0.717) is 26.2 Å². The molecule has 0 fully saturated rings. The number of amides is 2. The molecule has 100 valence electrons. The van der Waals surface area contributed by atoms with Gasteiger partial charge in [0.15, 0.2) is 0 Å². The van der Waals surface area contributed by atoms with Crippen molar-refractivity contribution in [2.24, 2.45) is 5.41 Å². The molecule has 0 aromatic carbocycles. The summed E-state index contributed by atoms with van der Waals surface area (Å²) in [4.78, 5) is 28.0. The van der Waals surface area contributed by atoms with Crippen LogP contribution in [0.15, 0.2) is 0 Å². The van der Waals surface area contributed by atoms with E-state index in [-0.39, 0.29) is 11.8 Å². The fourth-order valence-corrected chi connectivity index (χ4v) is 1.90. The normalized spacial score (nSPS) is 11.2. The highest BCUT2D eigenvalue weighted by molar-refractivity contribution is 6.04. The van der Waals surface area contributed by atoms with E-state index in [0.717, 1.165) is 0 Å². The molecule has 4 nitrogen and oxygen atoms in total. The van der Waals surface area contributed by atoms with E-state index in [2.05, 4.69) is 0 Å². The predicted octanol–water partition coefficient (Wildman–Crippen LogP) is 1.75. The summed E-state index contributed by atoms with van der Waals surface area (Å²) in [5.74, 6) is -0.168. The van der Waals surface area contributed by atoms with Crippen molar-refractivity contribution in [2.45, 2.75) is 41.5 Å². The van der Waals surface area contributed by atoms with Gasteiger partial charge >= 0.3 is 0 Å². The Hall–Kier alpha value is -1.06. The van der Waals surface area contributed by atoms with Crippen LogP contribution in [0.5, 0.6) is 0 Å². The molecule has 0 bridgehead atoms. The van der Waals surface area contributed by atoms with Crippen LogP contribution in [0.4, 0.5) is 0 Å². The quantitative estimate of drug-likeness (QED) is 0.666. The summed E-state index contributed by atoms with van der Waals surface area (Å²) in [6, 6.07) is 0. The van der Waals surface area contributed by atoms with Crippen LogP contribution >= 0.6 is 0 Å². The van der Waals surface area contributed by atoms with Gasteiger partial charge in [0, 0.05) is 26.2 Å². The van der Waals surface area contributed by atoms with Gasteiger partial charge in [-0.3, -0.25) is 9.59 Å². The third kappa shape index (κ3) is 3.45. The van der Waals surface area contributed by atoms with E-state index in [1.165, 1.54) is 0 Å². The fourth-order valence-electron chi connectivity index (χ4n) is 1.90. The first kappa shape index (κ1) is 15.9. The molecule has 0 N–H and O–H groups in total. The monoisotopic (exact) mass is 242 g/mol. The highest BCUT2D eigenvalue weighted by Gasteiger charge is 2.40. The first-order chi connectivity index (χ1) is 7.86. The van der Waals surface area contributed by atoms with Crippen molar-refractivity contribution >= 4 is 11.8 Å². The average molecular weight is 242 g/mol. The molecular weight excluding hydrogens is 216 g/mol. The first-order valence-corrected chi connectivity index (χ1v) is 6.45. The van der Waals surface area contributed by atoms with Gasteiger partial charge in [0.25, 0.3) is 0 Å². The molecule has 0 rings (SSSR count). The smallest absolute Gasteiger partial charge is 0.237 e. The molecular formula is C13H26N2O2. The summed E-state index contributed by atoms with van der Waals surface area (Å²) in [6.07, 6.45) is 0. The van der Waals surface area contributed by atoms with Crippen molar-refractivity contribution in [1.29, 1.82) is 0 Å². The zero-order chi connectivity index (χ0) is 13.6. The molecule has 0 aliphatic heterocycles. The van der Waals surface area contributed by atoms with E-state index in [9.17, 15) is 9.59 Å². The Labute approximate surface area is 105 Å². The highest BCUT2D eigenvalue weighted by Crippen LogP contribution is 2.22. The fraction of sp³-hybridized carbons (Fsp3) is 0.846. The first-order valence-electron chi connectivity index (χ1n) is 6.45. The Morgan fingerprint density at radius 1 is 0.765 bits per heavy atom. The van der Waals surface area contributed by atoms with Crippen LogP contribution < -0.4 is 0 Å². The van der Waals surface area contributed by atoms with Gasteiger partial charge in [-0.15, -0.1) is 0 Å². The standard InChI is InChI=1S/C13H26N2O2/c1-7-14(8-2)11(16)13(5,6)12(17)15(9-3)10-4/h7-10H2,1-6H3. The maximum Gasteiger partial charge on any atom is 0.237 e. The van der Waals surface area contributed by atoms with Gasteiger partial charge < -0.3 is 9.80 Å². The molecule has 0 aliphatic rings. The lowest BCUT2D eigenvalue weighted by Gasteiger charge is -2.33. The average Bonchev–Trinajstić information content (AvgIpc) is 2.31. The Morgan fingerprint density at radius 2 is 1.00 bits per heavy atom. The van der Waals surface area contributed by atoms with Crippen molar-refractivity contribution in [2.75, 3.05) is 26.2 Å². The van der Waals surface area contributed by atoms with Gasteiger partial charge in [0.1, 0.15) is 5.41 Å². The number of carbonyl (C=O) groups is 2. The van der Waals surface area contributed by atoms with Gasteiger partial charge in [-0.1, -0.05) is 0 Å². The molecule has 0 saturated carbocycles. The third-order valence-electron chi connectivity index (χ3n) is 3.17. The van der Waals surface area contributed by atoms with Crippen molar-refractivity contribution < 1.29 is 9.59 Å². The maximum absolute atomic E-state index is 12.3. The second-order valence-electron chi connectivity index (χ2n) is 4.58. The maximum atomic E-state index is 12.3. The zero-order valence-electron chi connectivity index (χ0n) is 12.0. The SMILES string of the molecule is CCN(CC)C(=O)C(C)(C)C(=O)N(CC)CC. The van der Waals surface area contributed by atoms with Crippen LogP contribution in [0.3, 0.4) is 0 Å². The van der Waals surface area contributed by atoms with E-state index < -0.39 is 5.41 Å². The largest absolute Gasteiger partial charge is 0.342 e. The third-order valence-corrected chi connectivity index (χ3v) is 3.17. The lowest BCUT2D eigenvalue weighted by Crippen LogP contribution is -2.50. The molecule has 0 heterocycles. The molecule has 0 atom stereocenters. The summed E-state index contributed by atoms with van der Waals surface area (Å²) < 4.78 is 0. The second kappa shape index (κ2) is 6.62. The molecule has 17 heavy (non-hydrogen) atoms. The van der Waals surface area contributed by atoms with E-state index in [1.807, 2.05) is 27.7 Å². The minimum Gasteiger partial charge on any atom is -0.342 e. The van der Waals surface area contributed by atoms with E-state index >= 15 is 0 Å². The Balaban J connectivity index is 4.98. The van der Waals surface area contributed by atoms with Crippen LogP contribution in [-0.2, 0) is 9.59 Å². The Kier molecular flexibility index (Phi) is 6.21. The Bertz CT molecular complexity index is 241. The second-order valence-corrected chi connectivity index (χ2v) is 4.58. The van der Waals surface area contributed by atoms with Gasteiger partial charge in [-0.25, -0.2) is 0 Å². The molecule has 0 spiro atoms. The van der Waals surface area contributed by atoms with E-state index in [1.54, 1.807) is 23.6 Å². The molecule has 4 heteroatoms.